The molecule has 1 radical (unpaired) electrons. The van der Waals surface area contributed by atoms with Crippen molar-refractivity contribution in [2.75, 3.05) is 6.54 Å². The Hall–Kier alpha value is -0.960. The van der Waals surface area contributed by atoms with Gasteiger partial charge in [-0.3, -0.25) is 10.1 Å². The van der Waals surface area contributed by atoms with Gasteiger partial charge < -0.3 is 0 Å². The van der Waals surface area contributed by atoms with Gasteiger partial charge in [0, 0.05) is 4.90 Å². The van der Waals surface area contributed by atoms with Crippen molar-refractivity contribution in [2.45, 2.75) is 4.90 Å². The highest BCUT2D eigenvalue weighted by molar-refractivity contribution is 8.14. The molecule has 0 spiro atoms. The summed E-state index contributed by atoms with van der Waals surface area (Å²) in [5.41, 5.74) is 0.942. The van der Waals surface area contributed by atoms with Crippen molar-refractivity contribution < 1.29 is 4.79 Å². The van der Waals surface area contributed by atoms with Gasteiger partial charge in [-0.1, -0.05) is 12.1 Å². The number of hydrogen-bond acceptors (Lipinski definition) is 2. The van der Waals surface area contributed by atoms with Crippen LogP contribution in [0.2, 0.25) is 0 Å². The average Bonchev–Trinajstić information content (AvgIpc) is 2.04. The lowest BCUT2D eigenvalue weighted by Crippen LogP contribution is -2.14. The van der Waals surface area contributed by atoms with E-state index in [1.807, 2.05) is 24.3 Å². The summed E-state index contributed by atoms with van der Waals surface area (Å²) in [6.07, 6.45) is 0. The number of hydrogen-bond donors (Lipinski definition) is 0. The Kier molecular flexibility index (Phi) is 1.58. The van der Waals surface area contributed by atoms with Gasteiger partial charge in [-0.05, 0) is 23.9 Å². The molecule has 1 aromatic rings. The first kappa shape index (κ1) is 6.73. The summed E-state index contributed by atoms with van der Waals surface area (Å²) in [6.45, 7) is 0.321. The van der Waals surface area contributed by atoms with Crippen LogP contribution in [0.15, 0.2) is 29.2 Å². The minimum atomic E-state index is 0.128. The van der Waals surface area contributed by atoms with Gasteiger partial charge in [0.05, 0.1) is 5.69 Å². The first-order chi connectivity index (χ1) is 5.36. The van der Waals surface area contributed by atoms with Crippen LogP contribution in [0.5, 0.6) is 0 Å². The fourth-order valence-electron chi connectivity index (χ4n) is 0.979. The van der Waals surface area contributed by atoms with Crippen molar-refractivity contribution >= 4 is 22.6 Å². The third kappa shape index (κ3) is 1.24. The van der Waals surface area contributed by atoms with Crippen LogP contribution in [0.4, 0.5) is 5.69 Å². The van der Waals surface area contributed by atoms with E-state index in [0.29, 0.717) is 6.54 Å². The van der Waals surface area contributed by atoms with Crippen molar-refractivity contribution in [3.8, 4) is 0 Å². The molecule has 0 fully saturated rings. The van der Waals surface area contributed by atoms with Crippen LogP contribution in [0.25, 0.3) is 0 Å². The lowest BCUT2D eigenvalue weighted by molar-refractivity contribution is -0.110. The van der Waals surface area contributed by atoms with Crippen molar-refractivity contribution in [2.24, 2.45) is 0 Å². The molecule has 0 saturated carbocycles. The SMILES string of the molecule is O=C1C[N]c2ccccc2S1. The average molecular weight is 164 g/mol. The zero-order valence-electron chi connectivity index (χ0n) is 5.78. The molecule has 0 aromatic heterocycles. The quantitative estimate of drug-likeness (QED) is 0.582. The predicted molar refractivity (Wildman–Crippen MR) is 44.0 cm³/mol. The van der Waals surface area contributed by atoms with Gasteiger partial charge in [-0.25, -0.2) is 0 Å². The topological polar surface area (TPSA) is 31.2 Å². The first-order valence-electron chi connectivity index (χ1n) is 3.33. The molecule has 1 aliphatic rings. The summed E-state index contributed by atoms with van der Waals surface area (Å²) in [5, 5.41) is 4.23. The molecule has 0 unspecified atom stereocenters. The van der Waals surface area contributed by atoms with E-state index in [1.165, 1.54) is 11.8 Å². The number of para-hydroxylation sites is 1. The molecule has 1 heterocycles. The van der Waals surface area contributed by atoms with E-state index in [4.69, 9.17) is 0 Å². The maximum absolute atomic E-state index is 10.9. The van der Waals surface area contributed by atoms with Crippen LogP contribution < -0.4 is 5.32 Å². The molecule has 11 heavy (non-hydrogen) atoms. The molecular formula is C8H6NOS. The molecule has 0 saturated heterocycles. The minimum absolute atomic E-state index is 0.128. The van der Waals surface area contributed by atoms with Gasteiger partial charge in [0.1, 0.15) is 6.54 Å². The fourth-order valence-corrected chi connectivity index (χ4v) is 1.74. The van der Waals surface area contributed by atoms with E-state index < -0.39 is 0 Å². The monoisotopic (exact) mass is 164 g/mol. The van der Waals surface area contributed by atoms with E-state index in [0.717, 1.165) is 10.6 Å². The number of benzene rings is 1. The summed E-state index contributed by atoms with van der Waals surface area (Å²) in [7, 11) is 0. The number of thioether (sulfide) groups is 1. The molecule has 0 atom stereocenters. The van der Waals surface area contributed by atoms with Gasteiger partial charge in [0.25, 0.3) is 0 Å². The molecule has 55 valence electrons. The largest absolute Gasteiger partial charge is 0.285 e. The van der Waals surface area contributed by atoms with E-state index in [-0.39, 0.29) is 5.12 Å². The summed E-state index contributed by atoms with van der Waals surface area (Å²) < 4.78 is 0. The smallest absolute Gasteiger partial charge is 0.215 e. The lowest BCUT2D eigenvalue weighted by atomic mass is 10.3. The van der Waals surface area contributed by atoms with Crippen LogP contribution in [-0.4, -0.2) is 11.7 Å². The first-order valence-corrected chi connectivity index (χ1v) is 4.15. The van der Waals surface area contributed by atoms with E-state index in [1.54, 1.807) is 0 Å². The number of carbonyl (C=O) groups excluding carboxylic acids is 1. The molecule has 2 nitrogen and oxygen atoms in total. The molecule has 0 amide bonds. The van der Waals surface area contributed by atoms with Crippen LogP contribution in [0.3, 0.4) is 0 Å². The Morgan fingerprint density at radius 3 is 3.09 bits per heavy atom. The molecule has 0 N–H and O–H groups in total. The molecule has 0 aliphatic carbocycles. The Morgan fingerprint density at radius 2 is 2.18 bits per heavy atom. The predicted octanol–water partition coefficient (Wildman–Crippen LogP) is 1.55. The zero-order chi connectivity index (χ0) is 7.68. The third-order valence-electron chi connectivity index (χ3n) is 1.47. The van der Waals surface area contributed by atoms with Crippen LogP contribution >= 0.6 is 11.8 Å². The minimum Gasteiger partial charge on any atom is -0.285 e. The Labute approximate surface area is 69.0 Å². The second kappa shape index (κ2) is 2.58. The summed E-state index contributed by atoms with van der Waals surface area (Å²) in [5.74, 6) is 0. The maximum atomic E-state index is 10.9. The number of nitrogens with zero attached hydrogens (tertiary/aromatic N) is 1. The van der Waals surface area contributed by atoms with E-state index in [2.05, 4.69) is 5.32 Å². The molecule has 1 aliphatic heterocycles. The normalized spacial score (nSPS) is 15.5. The van der Waals surface area contributed by atoms with Gasteiger partial charge >= 0.3 is 0 Å². The lowest BCUT2D eigenvalue weighted by Gasteiger charge is -2.12. The highest BCUT2D eigenvalue weighted by atomic mass is 32.2. The van der Waals surface area contributed by atoms with Crippen molar-refractivity contribution in [1.82, 2.24) is 5.32 Å². The zero-order valence-corrected chi connectivity index (χ0v) is 6.60. The molecule has 0 bridgehead atoms. The van der Waals surface area contributed by atoms with Crippen molar-refractivity contribution in [1.29, 1.82) is 0 Å². The fraction of sp³-hybridized carbons (Fsp3) is 0.125. The Bertz CT molecular complexity index is 298. The second-order valence-corrected chi connectivity index (χ2v) is 3.36. The van der Waals surface area contributed by atoms with Gasteiger partial charge in [0.2, 0.25) is 5.12 Å². The van der Waals surface area contributed by atoms with Crippen molar-refractivity contribution in [3.63, 3.8) is 0 Å². The summed E-state index contributed by atoms with van der Waals surface area (Å²) in [6, 6.07) is 7.69. The van der Waals surface area contributed by atoms with Gasteiger partial charge in [0.15, 0.2) is 0 Å². The highest BCUT2D eigenvalue weighted by Gasteiger charge is 2.15. The molecule has 3 heteroatoms. The standard InChI is InChI=1S/C8H6NOS/c10-8-5-9-6-3-1-2-4-7(6)11-8/h1-4H,5H2. The summed E-state index contributed by atoms with van der Waals surface area (Å²) >= 11 is 1.28. The second-order valence-electron chi connectivity index (χ2n) is 2.26. The van der Waals surface area contributed by atoms with Gasteiger partial charge in [-0.2, -0.15) is 0 Å². The van der Waals surface area contributed by atoms with Crippen molar-refractivity contribution in [3.05, 3.63) is 24.3 Å². The number of fused-ring (bicyclic) bond motifs is 1. The van der Waals surface area contributed by atoms with Gasteiger partial charge in [-0.15, -0.1) is 0 Å². The molecule has 1 aromatic carbocycles. The Morgan fingerprint density at radius 1 is 1.36 bits per heavy atom. The molecule has 2 rings (SSSR count). The summed E-state index contributed by atoms with van der Waals surface area (Å²) in [4.78, 5) is 11.9. The third-order valence-corrected chi connectivity index (χ3v) is 2.39. The Balaban J connectivity index is 2.41. The van der Waals surface area contributed by atoms with Crippen LogP contribution in [0.1, 0.15) is 0 Å². The van der Waals surface area contributed by atoms with E-state index in [9.17, 15) is 4.79 Å². The van der Waals surface area contributed by atoms with Crippen LogP contribution in [0, 0.1) is 0 Å². The van der Waals surface area contributed by atoms with Crippen LogP contribution in [-0.2, 0) is 4.79 Å². The maximum Gasteiger partial charge on any atom is 0.215 e. The number of rotatable bonds is 0. The molecular weight excluding hydrogens is 158 g/mol. The number of carbonyl (C=O) groups is 1. The highest BCUT2D eigenvalue weighted by Crippen LogP contribution is 2.30. The van der Waals surface area contributed by atoms with E-state index >= 15 is 0 Å².